The van der Waals surface area contributed by atoms with Gasteiger partial charge < -0.3 is 9.64 Å². The zero-order chi connectivity index (χ0) is 14.7. The number of hydrogen-bond acceptors (Lipinski definition) is 3. The van der Waals surface area contributed by atoms with E-state index in [-0.39, 0.29) is 11.9 Å². The number of carbonyl (C=O) groups excluding carboxylic acids is 1. The molecule has 5 heteroatoms. The number of hydrogen-bond donors (Lipinski definition) is 0. The molecule has 0 saturated heterocycles. The fourth-order valence-corrected chi connectivity index (χ4v) is 2.26. The summed E-state index contributed by atoms with van der Waals surface area (Å²) in [5, 5.41) is 1.12. The molecule has 0 saturated carbocycles. The number of amides is 1. The van der Waals surface area contributed by atoms with E-state index < -0.39 is 0 Å². The van der Waals surface area contributed by atoms with Gasteiger partial charge in [0.25, 0.3) is 5.91 Å². The zero-order valence-corrected chi connectivity index (χ0v) is 12.5. The summed E-state index contributed by atoms with van der Waals surface area (Å²) in [5.74, 6) is -0.0879. The molecule has 2 rings (SSSR count). The number of fused-ring (bicyclic) bond motifs is 1. The minimum absolute atomic E-state index is 0.0156. The van der Waals surface area contributed by atoms with Crippen molar-refractivity contribution in [1.29, 1.82) is 0 Å². The quantitative estimate of drug-likeness (QED) is 0.814. The first-order valence-corrected chi connectivity index (χ1v) is 6.73. The van der Waals surface area contributed by atoms with Gasteiger partial charge in [-0.25, -0.2) is 4.98 Å². The molecule has 0 spiro atoms. The molecule has 1 amide bonds. The van der Waals surface area contributed by atoms with E-state index in [0.717, 1.165) is 10.9 Å². The fraction of sp³-hybridized carbons (Fsp3) is 0.333. The summed E-state index contributed by atoms with van der Waals surface area (Å²) in [7, 11) is 3.38. The summed E-state index contributed by atoms with van der Waals surface area (Å²) in [4.78, 5) is 18.5. The minimum atomic E-state index is -0.0879. The van der Waals surface area contributed by atoms with E-state index in [1.54, 1.807) is 25.1 Å². The molecule has 0 bridgehead atoms. The van der Waals surface area contributed by atoms with E-state index in [1.807, 2.05) is 31.2 Å². The SMILES string of the molecule is COCC(C)N(C)C(=O)c1cc(Cl)nc2ccccc12. The Morgan fingerprint density at radius 1 is 1.45 bits per heavy atom. The van der Waals surface area contributed by atoms with Crippen molar-refractivity contribution in [2.75, 3.05) is 20.8 Å². The Hall–Kier alpha value is -1.65. The van der Waals surface area contributed by atoms with Crippen LogP contribution in [0.4, 0.5) is 0 Å². The molecule has 0 N–H and O–H groups in total. The fourth-order valence-electron chi connectivity index (χ4n) is 2.06. The van der Waals surface area contributed by atoms with E-state index in [0.29, 0.717) is 17.3 Å². The van der Waals surface area contributed by atoms with E-state index in [2.05, 4.69) is 4.98 Å². The van der Waals surface area contributed by atoms with Crippen molar-refractivity contribution in [3.8, 4) is 0 Å². The summed E-state index contributed by atoms with van der Waals surface area (Å²) < 4.78 is 5.09. The number of rotatable bonds is 4. The van der Waals surface area contributed by atoms with Crippen molar-refractivity contribution in [2.24, 2.45) is 0 Å². The van der Waals surface area contributed by atoms with Crippen LogP contribution in [0.1, 0.15) is 17.3 Å². The molecule has 0 fully saturated rings. The highest BCUT2D eigenvalue weighted by molar-refractivity contribution is 6.30. The van der Waals surface area contributed by atoms with Crippen molar-refractivity contribution in [2.45, 2.75) is 13.0 Å². The maximum absolute atomic E-state index is 12.6. The molecule has 1 aromatic carbocycles. The van der Waals surface area contributed by atoms with E-state index in [1.165, 1.54) is 0 Å². The maximum atomic E-state index is 12.6. The van der Waals surface area contributed by atoms with Gasteiger partial charge in [-0.2, -0.15) is 0 Å². The van der Waals surface area contributed by atoms with Crippen molar-refractivity contribution < 1.29 is 9.53 Å². The summed E-state index contributed by atoms with van der Waals surface area (Å²) in [5.41, 5.74) is 1.28. The molecule has 20 heavy (non-hydrogen) atoms. The number of methoxy groups -OCH3 is 1. The second-order valence-corrected chi connectivity index (χ2v) is 5.12. The molecule has 0 aliphatic carbocycles. The largest absolute Gasteiger partial charge is 0.383 e. The number of benzene rings is 1. The van der Waals surface area contributed by atoms with Gasteiger partial charge in [0, 0.05) is 19.5 Å². The lowest BCUT2D eigenvalue weighted by Gasteiger charge is -2.24. The Bertz CT molecular complexity index is 630. The highest BCUT2D eigenvalue weighted by Crippen LogP contribution is 2.22. The van der Waals surface area contributed by atoms with Gasteiger partial charge in [0.15, 0.2) is 0 Å². The van der Waals surface area contributed by atoms with E-state index in [4.69, 9.17) is 16.3 Å². The topological polar surface area (TPSA) is 42.4 Å². The third kappa shape index (κ3) is 2.92. The minimum Gasteiger partial charge on any atom is -0.383 e. The van der Waals surface area contributed by atoms with Crippen LogP contribution in [0.2, 0.25) is 5.15 Å². The molecule has 1 aromatic heterocycles. The highest BCUT2D eigenvalue weighted by Gasteiger charge is 2.20. The highest BCUT2D eigenvalue weighted by atomic mass is 35.5. The molecule has 1 heterocycles. The number of halogens is 1. The van der Waals surface area contributed by atoms with Crippen LogP contribution in [0.5, 0.6) is 0 Å². The Labute approximate surface area is 123 Å². The normalized spacial score (nSPS) is 12.4. The smallest absolute Gasteiger partial charge is 0.254 e. The van der Waals surface area contributed by atoms with E-state index in [9.17, 15) is 4.79 Å². The van der Waals surface area contributed by atoms with Crippen LogP contribution in [-0.4, -0.2) is 42.6 Å². The lowest BCUT2D eigenvalue weighted by Crippen LogP contribution is -2.37. The van der Waals surface area contributed by atoms with Crippen LogP contribution in [0.15, 0.2) is 30.3 Å². The average molecular weight is 293 g/mol. The van der Waals surface area contributed by atoms with Crippen LogP contribution in [0.25, 0.3) is 10.9 Å². The third-order valence-electron chi connectivity index (χ3n) is 3.30. The standard InChI is InChI=1S/C15H17ClN2O2/c1-10(9-20-3)18(2)15(19)12-8-14(16)17-13-7-5-4-6-11(12)13/h4-8,10H,9H2,1-3H3. The van der Waals surface area contributed by atoms with Gasteiger partial charge in [0.1, 0.15) is 5.15 Å². The number of carbonyl (C=O) groups is 1. The van der Waals surface area contributed by atoms with Gasteiger partial charge >= 0.3 is 0 Å². The molecule has 4 nitrogen and oxygen atoms in total. The van der Waals surface area contributed by atoms with E-state index >= 15 is 0 Å². The van der Waals surface area contributed by atoms with Crippen LogP contribution in [0.3, 0.4) is 0 Å². The van der Waals surface area contributed by atoms with Crippen LogP contribution < -0.4 is 0 Å². The van der Waals surface area contributed by atoms with Gasteiger partial charge in [0.05, 0.1) is 23.7 Å². The molecule has 1 atom stereocenters. The van der Waals surface area contributed by atoms with Crippen LogP contribution >= 0.6 is 11.6 Å². The number of para-hydroxylation sites is 1. The maximum Gasteiger partial charge on any atom is 0.254 e. The number of ether oxygens (including phenoxy) is 1. The second kappa shape index (κ2) is 6.20. The summed E-state index contributed by atoms with van der Waals surface area (Å²) in [6.07, 6.45) is 0. The summed E-state index contributed by atoms with van der Waals surface area (Å²) in [6, 6.07) is 9.07. The van der Waals surface area contributed by atoms with Gasteiger partial charge in [-0.3, -0.25) is 4.79 Å². The number of likely N-dealkylation sites (N-methyl/N-ethyl adjacent to an activating group) is 1. The Morgan fingerprint density at radius 3 is 2.85 bits per heavy atom. The van der Waals surface area contributed by atoms with Crippen molar-refractivity contribution in [3.05, 3.63) is 41.0 Å². The second-order valence-electron chi connectivity index (χ2n) is 4.73. The summed E-state index contributed by atoms with van der Waals surface area (Å²) in [6.45, 7) is 2.42. The molecule has 0 aliphatic heterocycles. The molecular formula is C15H17ClN2O2. The van der Waals surface area contributed by atoms with Gasteiger partial charge in [-0.05, 0) is 19.1 Å². The first-order valence-electron chi connectivity index (χ1n) is 6.36. The van der Waals surface area contributed by atoms with Gasteiger partial charge in [-0.15, -0.1) is 0 Å². The van der Waals surface area contributed by atoms with Crippen molar-refractivity contribution in [3.63, 3.8) is 0 Å². The lowest BCUT2D eigenvalue weighted by molar-refractivity contribution is 0.0635. The number of nitrogens with zero attached hydrogens (tertiary/aromatic N) is 2. The number of aromatic nitrogens is 1. The zero-order valence-electron chi connectivity index (χ0n) is 11.8. The lowest BCUT2D eigenvalue weighted by atomic mass is 10.1. The Morgan fingerprint density at radius 2 is 2.15 bits per heavy atom. The molecule has 0 aliphatic rings. The average Bonchev–Trinajstić information content (AvgIpc) is 2.45. The number of pyridine rings is 1. The van der Waals surface area contributed by atoms with Gasteiger partial charge in [-0.1, -0.05) is 29.8 Å². The van der Waals surface area contributed by atoms with Crippen LogP contribution in [0, 0.1) is 0 Å². The Balaban J connectivity index is 2.44. The predicted octanol–water partition coefficient (Wildman–Crippen LogP) is 3.00. The van der Waals surface area contributed by atoms with Crippen molar-refractivity contribution >= 4 is 28.4 Å². The molecule has 2 aromatic rings. The molecule has 106 valence electrons. The monoisotopic (exact) mass is 292 g/mol. The molecular weight excluding hydrogens is 276 g/mol. The predicted molar refractivity (Wildman–Crippen MR) is 80.2 cm³/mol. The third-order valence-corrected chi connectivity index (χ3v) is 3.50. The van der Waals surface area contributed by atoms with Gasteiger partial charge in [0.2, 0.25) is 0 Å². The first-order chi connectivity index (χ1) is 9.54. The Kier molecular flexibility index (Phi) is 4.57. The molecule has 0 radical (unpaired) electrons. The van der Waals surface area contributed by atoms with Crippen molar-refractivity contribution in [1.82, 2.24) is 9.88 Å². The first kappa shape index (κ1) is 14.8. The summed E-state index contributed by atoms with van der Waals surface area (Å²) >= 11 is 6.01. The molecule has 1 unspecified atom stereocenters. The van der Waals surface area contributed by atoms with Crippen LogP contribution in [-0.2, 0) is 4.74 Å².